The molecule has 1 saturated heterocycles. The Morgan fingerprint density at radius 1 is 1.35 bits per heavy atom. The molecule has 1 fully saturated rings. The highest BCUT2D eigenvalue weighted by atomic mass is 15.4. The van der Waals surface area contributed by atoms with Gasteiger partial charge < -0.3 is 15.1 Å². The van der Waals surface area contributed by atoms with Crippen molar-refractivity contribution in [3.05, 3.63) is 11.9 Å². The number of rotatable bonds is 6. The highest BCUT2D eigenvalue weighted by Gasteiger charge is 2.25. The van der Waals surface area contributed by atoms with Crippen LogP contribution in [-0.4, -0.2) is 77.2 Å². The number of likely N-dealkylation sites (N-methyl/N-ethyl adjacent to an activating group) is 3. The summed E-state index contributed by atoms with van der Waals surface area (Å²) in [6.45, 7) is 6.64. The number of nitrogens with one attached hydrogen (secondary N) is 1. The second-order valence-corrected chi connectivity index (χ2v) is 5.97. The van der Waals surface area contributed by atoms with Crippen molar-refractivity contribution in [2.45, 2.75) is 31.8 Å². The van der Waals surface area contributed by atoms with Crippen LogP contribution in [0.3, 0.4) is 0 Å². The lowest BCUT2D eigenvalue weighted by atomic mass is 10.00. The fourth-order valence-electron chi connectivity index (χ4n) is 2.95. The maximum absolute atomic E-state index is 4.21. The van der Waals surface area contributed by atoms with Crippen LogP contribution in [-0.2, 0) is 13.5 Å². The molecular weight excluding hydrogens is 252 g/mol. The molecule has 1 aliphatic heterocycles. The second-order valence-electron chi connectivity index (χ2n) is 5.97. The predicted molar refractivity (Wildman–Crippen MR) is 80.7 cm³/mol. The highest BCUT2D eigenvalue weighted by Crippen LogP contribution is 2.14. The molecule has 114 valence electrons. The lowest BCUT2D eigenvalue weighted by molar-refractivity contribution is 0.101. The van der Waals surface area contributed by atoms with Gasteiger partial charge in [0.1, 0.15) is 0 Å². The van der Waals surface area contributed by atoms with E-state index < -0.39 is 0 Å². The first kappa shape index (κ1) is 15.4. The third-order valence-electron chi connectivity index (χ3n) is 4.14. The molecule has 20 heavy (non-hydrogen) atoms. The van der Waals surface area contributed by atoms with Gasteiger partial charge in [-0.15, -0.1) is 5.10 Å². The number of hydrogen-bond acceptors (Lipinski definition) is 5. The first-order chi connectivity index (χ1) is 9.58. The normalized spacial score (nSPS) is 23.1. The zero-order chi connectivity index (χ0) is 14.5. The maximum atomic E-state index is 4.21. The Morgan fingerprint density at radius 3 is 2.80 bits per heavy atom. The smallest absolute Gasteiger partial charge is 0.0842 e. The van der Waals surface area contributed by atoms with E-state index in [1.54, 1.807) is 4.68 Å². The minimum atomic E-state index is 0.468. The first-order valence-corrected chi connectivity index (χ1v) is 7.55. The van der Waals surface area contributed by atoms with E-state index in [0.717, 1.165) is 38.2 Å². The van der Waals surface area contributed by atoms with Crippen molar-refractivity contribution in [3.63, 3.8) is 0 Å². The van der Waals surface area contributed by atoms with E-state index >= 15 is 0 Å². The summed E-state index contributed by atoms with van der Waals surface area (Å²) in [6.07, 6.45) is 4.13. The fourth-order valence-corrected chi connectivity index (χ4v) is 2.95. The summed E-state index contributed by atoms with van der Waals surface area (Å²) in [5, 5.41) is 11.8. The van der Waals surface area contributed by atoms with Gasteiger partial charge in [-0.3, -0.25) is 4.68 Å². The molecule has 1 aliphatic rings. The first-order valence-electron chi connectivity index (χ1n) is 7.55. The van der Waals surface area contributed by atoms with Gasteiger partial charge in [0.2, 0.25) is 0 Å². The highest BCUT2D eigenvalue weighted by molar-refractivity contribution is 4.97. The average molecular weight is 280 g/mol. The Bertz CT molecular complexity index is 404. The molecule has 2 atom stereocenters. The molecule has 0 saturated carbocycles. The predicted octanol–water partition coefficient (Wildman–Crippen LogP) is -0.0284. The Labute approximate surface area is 122 Å². The van der Waals surface area contributed by atoms with Crippen molar-refractivity contribution in [2.75, 3.05) is 40.3 Å². The Kier molecular flexibility index (Phi) is 5.51. The summed E-state index contributed by atoms with van der Waals surface area (Å²) in [7, 11) is 6.37. The van der Waals surface area contributed by atoms with Gasteiger partial charge in [-0.2, -0.15) is 0 Å². The molecule has 0 amide bonds. The zero-order valence-electron chi connectivity index (χ0n) is 13.2. The van der Waals surface area contributed by atoms with E-state index in [9.17, 15) is 0 Å². The topological polar surface area (TPSA) is 49.2 Å². The van der Waals surface area contributed by atoms with Crippen molar-refractivity contribution < 1.29 is 0 Å². The van der Waals surface area contributed by atoms with Crippen LogP contribution in [0, 0.1) is 0 Å². The monoisotopic (exact) mass is 280 g/mol. The van der Waals surface area contributed by atoms with Crippen molar-refractivity contribution in [2.24, 2.45) is 7.05 Å². The molecule has 0 aromatic carbocycles. The van der Waals surface area contributed by atoms with Crippen LogP contribution in [0.4, 0.5) is 0 Å². The van der Waals surface area contributed by atoms with Crippen molar-refractivity contribution in [1.29, 1.82) is 0 Å². The Balaban J connectivity index is 1.93. The van der Waals surface area contributed by atoms with Crippen LogP contribution in [0.2, 0.25) is 0 Å². The van der Waals surface area contributed by atoms with Crippen LogP contribution >= 0.6 is 0 Å². The average Bonchev–Trinajstić information content (AvgIpc) is 2.79. The van der Waals surface area contributed by atoms with Gasteiger partial charge in [-0.05, 0) is 27.1 Å². The molecule has 0 aliphatic carbocycles. The van der Waals surface area contributed by atoms with Crippen molar-refractivity contribution in [1.82, 2.24) is 30.1 Å². The van der Waals surface area contributed by atoms with Crippen LogP contribution in [0.15, 0.2) is 6.20 Å². The maximum Gasteiger partial charge on any atom is 0.0842 e. The fraction of sp³-hybridized carbons (Fsp3) is 0.857. The lowest BCUT2D eigenvalue weighted by Gasteiger charge is -2.39. The third kappa shape index (κ3) is 4.26. The van der Waals surface area contributed by atoms with E-state index in [1.165, 1.54) is 6.54 Å². The van der Waals surface area contributed by atoms with Gasteiger partial charge >= 0.3 is 0 Å². The quantitative estimate of drug-likeness (QED) is 0.793. The van der Waals surface area contributed by atoms with E-state index in [4.69, 9.17) is 0 Å². The van der Waals surface area contributed by atoms with Crippen LogP contribution in [0.1, 0.15) is 19.0 Å². The van der Waals surface area contributed by atoms with Gasteiger partial charge in [-0.25, -0.2) is 0 Å². The van der Waals surface area contributed by atoms with Gasteiger partial charge in [0.05, 0.1) is 5.69 Å². The standard InChI is InChI=1S/C14H28N6/c1-5-15-12(8-13-10-20(4)17-16-13)9-14-11-18(2)6-7-19(14)3/h10,12,14-15H,5-9,11H2,1-4H3. The van der Waals surface area contributed by atoms with Crippen molar-refractivity contribution in [3.8, 4) is 0 Å². The molecule has 1 aromatic heterocycles. The van der Waals surface area contributed by atoms with Crippen LogP contribution < -0.4 is 5.32 Å². The van der Waals surface area contributed by atoms with Gasteiger partial charge in [0, 0.05) is 51.4 Å². The second kappa shape index (κ2) is 7.15. The molecule has 0 bridgehead atoms. The molecule has 1 N–H and O–H groups in total. The Hall–Kier alpha value is -0.980. The van der Waals surface area contributed by atoms with Gasteiger partial charge in [0.25, 0.3) is 0 Å². The molecule has 2 heterocycles. The summed E-state index contributed by atoms with van der Waals surface area (Å²) in [5.74, 6) is 0. The third-order valence-corrected chi connectivity index (χ3v) is 4.14. The van der Waals surface area contributed by atoms with Crippen LogP contribution in [0.5, 0.6) is 0 Å². The molecule has 0 radical (unpaired) electrons. The van der Waals surface area contributed by atoms with E-state index in [2.05, 4.69) is 46.4 Å². The van der Waals surface area contributed by atoms with E-state index in [0.29, 0.717) is 12.1 Å². The molecule has 0 spiro atoms. The molecule has 6 nitrogen and oxygen atoms in total. The number of aryl methyl sites for hydroxylation is 1. The SMILES string of the molecule is CCNC(Cc1cn(C)nn1)CC1CN(C)CCN1C. The van der Waals surface area contributed by atoms with Gasteiger partial charge in [-0.1, -0.05) is 12.1 Å². The van der Waals surface area contributed by atoms with Crippen LogP contribution in [0.25, 0.3) is 0 Å². The van der Waals surface area contributed by atoms with Crippen molar-refractivity contribution >= 4 is 0 Å². The molecule has 1 aromatic rings. The lowest BCUT2D eigenvalue weighted by Crippen LogP contribution is -2.52. The molecule has 6 heteroatoms. The zero-order valence-corrected chi connectivity index (χ0v) is 13.2. The molecule has 2 rings (SSSR count). The molecular formula is C14H28N6. The summed E-state index contributed by atoms with van der Waals surface area (Å²) < 4.78 is 1.78. The number of piperazine rings is 1. The summed E-state index contributed by atoms with van der Waals surface area (Å²) in [4.78, 5) is 4.91. The molecule has 2 unspecified atom stereocenters. The largest absolute Gasteiger partial charge is 0.314 e. The van der Waals surface area contributed by atoms with Gasteiger partial charge in [0.15, 0.2) is 0 Å². The Morgan fingerprint density at radius 2 is 2.15 bits per heavy atom. The number of hydrogen-bond donors (Lipinski definition) is 1. The minimum Gasteiger partial charge on any atom is -0.314 e. The summed E-state index contributed by atoms with van der Waals surface area (Å²) in [6, 6.07) is 1.09. The number of nitrogens with zero attached hydrogens (tertiary/aromatic N) is 5. The summed E-state index contributed by atoms with van der Waals surface area (Å²) >= 11 is 0. The number of aromatic nitrogens is 3. The van der Waals surface area contributed by atoms with E-state index in [-0.39, 0.29) is 0 Å². The minimum absolute atomic E-state index is 0.468. The van der Waals surface area contributed by atoms with E-state index in [1.807, 2.05) is 13.2 Å². The summed E-state index contributed by atoms with van der Waals surface area (Å²) in [5.41, 5.74) is 1.07.